The molecular formula is C14H20N2OS. The largest absolute Gasteiger partial charge is 0.324 e. The molecule has 0 aliphatic carbocycles. The molecule has 0 bridgehead atoms. The van der Waals surface area contributed by atoms with E-state index in [0.717, 1.165) is 11.4 Å². The summed E-state index contributed by atoms with van der Waals surface area (Å²) < 4.78 is 0. The molecule has 98 valence electrons. The molecule has 3 nitrogen and oxygen atoms in total. The van der Waals surface area contributed by atoms with Crippen molar-refractivity contribution < 1.29 is 4.79 Å². The van der Waals surface area contributed by atoms with Gasteiger partial charge in [-0.05, 0) is 22.8 Å². The number of benzene rings is 1. The van der Waals surface area contributed by atoms with Crippen molar-refractivity contribution in [2.45, 2.75) is 20.4 Å². The number of nitrogens with zero attached hydrogens (tertiary/aromatic N) is 2. The number of para-hydroxylation sites is 1. The van der Waals surface area contributed by atoms with Crippen molar-refractivity contribution in [3.8, 4) is 0 Å². The quantitative estimate of drug-likeness (QED) is 0.834. The van der Waals surface area contributed by atoms with Crippen LogP contribution in [0.3, 0.4) is 0 Å². The summed E-state index contributed by atoms with van der Waals surface area (Å²) in [7, 11) is 1.85. The molecule has 0 spiro atoms. The predicted molar refractivity (Wildman–Crippen MR) is 78.3 cm³/mol. The molecule has 0 atom stereocenters. The number of amides is 2. The number of fused-ring (bicyclic) bond motifs is 1. The summed E-state index contributed by atoms with van der Waals surface area (Å²) >= 11 is 4.37. The van der Waals surface area contributed by atoms with Gasteiger partial charge >= 0.3 is 6.03 Å². The van der Waals surface area contributed by atoms with Crippen molar-refractivity contribution >= 4 is 24.3 Å². The van der Waals surface area contributed by atoms with Crippen LogP contribution in [0.1, 0.15) is 19.4 Å². The Morgan fingerprint density at radius 1 is 1.33 bits per heavy atom. The van der Waals surface area contributed by atoms with Crippen molar-refractivity contribution in [1.29, 1.82) is 0 Å². The standard InChI is InChI=1S/C14H20N2OS/c1-14(2,10-18)9-16-12-7-5-4-6-11(12)8-15(3)13(16)17/h4-7,18H,8-10H2,1-3H3. The highest BCUT2D eigenvalue weighted by molar-refractivity contribution is 7.80. The maximum atomic E-state index is 12.3. The SMILES string of the molecule is CN1Cc2ccccc2N(CC(C)(C)CS)C1=O. The van der Waals surface area contributed by atoms with E-state index >= 15 is 0 Å². The van der Waals surface area contributed by atoms with Crippen LogP contribution in [0.2, 0.25) is 0 Å². The zero-order valence-corrected chi connectivity index (χ0v) is 12.1. The highest BCUT2D eigenvalue weighted by Crippen LogP contribution is 2.31. The molecule has 0 N–H and O–H groups in total. The molecule has 0 fully saturated rings. The zero-order chi connectivity index (χ0) is 13.3. The molecule has 4 heteroatoms. The van der Waals surface area contributed by atoms with Crippen molar-refractivity contribution in [3.05, 3.63) is 29.8 Å². The summed E-state index contributed by atoms with van der Waals surface area (Å²) in [5.74, 6) is 0.753. The summed E-state index contributed by atoms with van der Waals surface area (Å²) in [4.78, 5) is 15.9. The van der Waals surface area contributed by atoms with E-state index in [0.29, 0.717) is 13.1 Å². The van der Waals surface area contributed by atoms with E-state index in [1.165, 1.54) is 5.56 Å². The molecule has 1 aromatic rings. The maximum absolute atomic E-state index is 12.3. The highest BCUT2D eigenvalue weighted by atomic mass is 32.1. The van der Waals surface area contributed by atoms with Crippen molar-refractivity contribution in [1.82, 2.24) is 4.90 Å². The number of carbonyl (C=O) groups is 1. The Kier molecular flexibility index (Phi) is 3.57. The van der Waals surface area contributed by atoms with Crippen LogP contribution in [-0.2, 0) is 6.54 Å². The second kappa shape index (κ2) is 4.84. The first-order valence-corrected chi connectivity index (χ1v) is 6.79. The van der Waals surface area contributed by atoms with Gasteiger partial charge in [0.15, 0.2) is 0 Å². The van der Waals surface area contributed by atoms with Gasteiger partial charge in [-0.1, -0.05) is 32.0 Å². The molecule has 1 aliphatic heterocycles. The molecule has 0 radical (unpaired) electrons. The van der Waals surface area contributed by atoms with Gasteiger partial charge in [-0.15, -0.1) is 0 Å². The molecule has 1 aromatic carbocycles. The fourth-order valence-corrected chi connectivity index (χ4v) is 2.27. The van der Waals surface area contributed by atoms with Gasteiger partial charge in [-0.3, -0.25) is 4.90 Å². The monoisotopic (exact) mass is 264 g/mol. The van der Waals surface area contributed by atoms with Gasteiger partial charge in [-0.2, -0.15) is 12.6 Å². The fourth-order valence-electron chi connectivity index (χ4n) is 2.17. The minimum absolute atomic E-state index is 0.00403. The molecule has 0 unspecified atom stereocenters. The normalized spacial score (nSPS) is 15.9. The van der Waals surface area contributed by atoms with Crippen molar-refractivity contribution in [2.24, 2.45) is 5.41 Å². The Morgan fingerprint density at radius 2 is 2.00 bits per heavy atom. The third kappa shape index (κ3) is 2.48. The van der Waals surface area contributed by atoms with E-state index in [1.54, 1.807) is 4.90 Å². The molecule has 0 aromatic heterocycles. The van der Waals surface area contributed by atoms with Gasteiger partial charge in [0, 0.05) is 20.1 Å². The van der Waals surface area contributed by atoms with Crippen LogP contribution in [-0.4, -0.2) is 30.3 Å². The number of carbonyl (C=O) groups excluding carboxylic acids is 1. The zero-order valence-electron chi connectivity index (χ0n) is 11.2. The van der Waals surface area contributed by atoms with Crippen LogP contribution in [0.25, 0.3) is 0 Å². The van der Waals surface area contributed by atoms with Gasteiger partial charge in [0.05, 0.1) is 5.69 Å². The van der Waals surface area contributed by atoms with Crippen LogP contribution in [0, 0.1) is 5.41 Å². The summed E-state index contributed by atoms with van der Waals surface area (Å²) in [5.41, 5.74) is 2.24. The first-order valence-electron chi connectivity index (χ1n) is 6.16. The van der Waals surface area contributed by atoms with Crippen LogP contribution in [0.15, 0.2) is 24.3 Å². The number of hydrogen-bond donors (Lipinski definition) is 1. The smallest absolute Gasteiger partial charge is 0.323 e. The minimum Gasteiger partial charge on any atom is -0.323 e. The Labute approximate surface area is 114 Å². The maximum Gasteiger partial charge on any atom is 0.324 e. The average molecular weight is 264 g/mol. The number of thiol groups is 1. The minimum atomic E-state index is 0.00403. The van der Waals surface area contributed by atoms with Crippen LogP contribution in [0.4, 0.5) is 10.5 Å². The summed E-state index contributed by atoms with van der Waals surface area (Å²) in [6, 6.07) is 8.18. The van der Waals surface area contributed by atoms with Crippen molar-refractivity contribution in [3.63, 3.8) is 0 Å². The van der Waals surface area contributed by atoms with E-state index < -0.39 is 0 Å². The summed E-state index contributed by atoms with van der Waals surface area (Å²) in [6.07, 6.45) is 0. The Balaban J connectivity index is 2.36. The lowest BCUT2D eigenvalue weighted by atomic mass is 9.94. The molecule has 2 amide bonds. The first-order chi connectivity index (χ1) is 8.44. The van der Waals surface area contributed by atoms with Crippen LogP contribution >= 0.6 is 12.6 Å². The van der Waals surface area contributed by atoms with Gasteiger partial charge in [0.1, 0.15) is 0 Å². The molecule has 18 heavy (non-hydrogen) atoms. The van der Waals surface area contributed by atoms with Crippen molar-refractivity contribution in [2.75, 3.05) is 24.2 Å². The van der Waals surface area contributed by atoms with Gasteiger partial charge in [0.2, 0.25) is 0 Å². The van der Waals surface area contributed by atoms with E-state index in [4.69, 9.17) is 0 Å². The van der Waals surface area contributed by atoms with Gasteiger partial charge in [-0.25, -0.2) is 4.79 Å². The molecule has 0 saturated carbocycles. The number of urea groups is 1. The molecular weight excluding hydrogens is 244 g/mol. The molecule has 1 heterocycles. The lowest BCUT2D eigenvalue weighted by Crippen LogP contribution is -2.49. The number of rotatable bonds is 3. The lowest BCUT2D eigenvalue weighted by molar-refractivity contribution is 0.207. The average Bonchev–Trinajstić information content (AvgIpc) is 2.35. The van der Waals surface area contributed by atoms with E-state index in [-0.39, 0.29) is 11.4 Å². The van der Waals surface area contributed by atoms with E-state index in [1.807, 2.05) is 30.1 Å². The topological polar surface area (TPSA) is 23.6 Å². The first kappa shape index (κ1) is 13.3. The van der Waals surface area contributed by atoms with Crippen LogP contribution in [0.5, 0.6) is 0 Å². The lowest BCUT2D eigenvalue weighted by Gasteiger charge is -2.39. The Hall–Kier alpha value is -1.16. The summed E-state index contributed by atoms with van der Waals surface area (Å²) in [6.45, 7) is 5.64. The van der Waals surface area contributed by atoms with Gasteiger partial charge < -0.3 is 4.90 Å². The van der Waals surface area contributed by atoms with Crippen LogP contribution < -0.4 is 4.90 Å². The second-order valence-corrected chi connectivity index (χ2v) is 5.99. The predicted octanol–water partition coefficient (Wildman–Crippen LogP) is 3.01. The third-order valence-corrected chi connectivity index (χ3v) is 4.12. The Morgan fingerprint density at radius 3 is 2.67 bits per heavy atom. The summed E-state index contributed by atoms with van der Waals surface area (Å²) in [5, 5.41) is 0. The molecule has 0 saturated heterocycles. The number of anilines is 1. The fraction of sp³-hybridized carbons (Fsp3) is 0.500. The second-order valence-electron chi connectivity index (χ2n) is 5.68. The van der Waals surface area contributed by atoms with E-state index in [2.05, 4.69) is 32.5 Å². The molecule has 1 aliphatic rings. The van der Waals surface area contributed by atoms with Gasteiger partial charge in [0.25, 0.3) is 0 Å². The van der Waals surface area contributed by atoms with E-state index in [9.17, 15) is 4.79 Å². The molecule has 2 rings (SSSR count). The Bertz CT molecular complexity index is 459. The third-order valence-electron chi connectivity index (χ3n) is 3.26. The number of hydrogen-bond acceptors (Lipinski definition) is 2. The highest BCUT2D eigenvalue weighted by Gasteiger charge is 2.31.